The summed E-state index contributed by atoms with van der Waals surface area (Å²) in [6, 6.07) is 12.7. The van der Waals surface area contributed by atoms with Gasteiger partial charge in [0.1, 0.15) is 0 Å². The highest BCUT2D eigenvalue weighted by atomic mass is 35.5. The van der Waals surface area contributed by atoms with Gasteiger partial charge in [-0.25, -0.2) is 0 Å². The highest BCUT2D eigenvalue weighted by Crippen LogP contribution is 2.30. The molecular weight excluding hydrogens is 393 g/mol. The van der Waals surface area contributed by atoms with Crippen molar-refractivity contribution in [3.8, 4) is 0 Å². The largest absolute Gasteiger partial charge is 0.367 e. The van der Waals surface area contributed by atoms with Crippen molar-refractivity contribution in [2.24, 2.45) is 5.92 Å². The fraction of sp³-hybridized carbons (Fsp3) is 0.409. The van der Waals surface area contributed by atoms with E-state index in [9.17, 15) is 4.79 Å². The molecule has 0 aromatic heterocycles. The first-order valence-corrected chi connectivity index (χ1v) is 10.5. The molecule has 0 bridgehead atoms. The molecule has 148 valence electrons. The number of carbonyl (C=O) groups excluding carboxylic acids is 1. The van der Waals surface area contributed by atoms with Crippen molar-refractivity contribution in [2.75, 3.05) is 31.6 Å². The molecule has 0 saturated carbocycles. The van der Waals surface area contributed by atoms with Crippen LogP contribution in [-0.2, 0) is 24.3 Å². The van der Waals surface area contributed by atoms with Gasteiger partial charge >= 0.3 is 0 Å². The van der Waals surface area contributed by atoms with Crippen molar-refractivity contribution in [3.63, 3.8) is 0 Å². The molecule has 1 amide bonds. The molecule has 2 aromatic rings. The number of aryl methyl sites for hydroxylation is 1. The second-order valence-corrected chi connectivity index (χ2v) is 8.55. The number of amides is 1. The highest BCUT2D eigenvalue weighted by Gasteiger charge is 2.31. The fourth-order valence-electron chi connectivity index (χ4n) is 4.14. The standard InChI is InChI=1S/C22H25Cl2N3O/c1-25-22(28)18-12-26(13-18)11-15-4-5-17-14-27(8-2-3-16(17)9-15)19-6-7-20(23)21(24)10-19/h4-7,9-10,18H,2-3,8,11-14H2,1H3,(H,25,28). The van der Waals surface area contributed by atoms with E-state index >= 15 is 0 Å². The van der Waals surface area contributed by atoms with E-state index < -0.39 is 0 Å². The number of hydrogen-bond acceptors (Lipinski definition) is 3. The fourth-order valence-corrected chi connectivity index (χ4v) is 4.43. The zero-order valence-electron chi connectivity index (χ0n) is 16.0. The van der Waals surface area contributed by atoms with E-state index in [-0.39, 0.29) is 11.8 Å². The van der Waals surface area contributed by atoms with E-state index in [4.69, 9.17) is 23.2 Å². The Morgan fingerprint density at radius 3 is 2.68 bits per heavy atom. The number of hydrogen-bond donors (Lipinski definition) is 1. The predicted molar refractivity (Wildman–Crippen MR) is 115 cm³/mol. The summed E-state index contributed by atoms with van der Waals surface area (Å²) < 4.78 is 0. The van der Waals surface area contributed by atoms with E-state index in [0.29, 0.717) is 10.0 Å². The van der Waals surface area contributed by atoms with Gasteiger partial charge in [-0.05, 0) is 47.7 Å². The van der Waals surface area contributed by atoms with E-state index in [1.165, 1.54) is 16.7 Å². The van der Waals surface area contributed by atoms with Crippen LogP contribution in [0.2, 0.25) is 10.0 Å². The number of rotatable bonds is 4. The second kappa shape index (κ2) is 8.32. The minimum atomic E-state index is 0.144. The summed E-state index contributed by atoms with van der Waals surface area (Å²) in [5, 5.41) is 3.93. The first-order chi connectivity index (χ1) is 13.5. The van der Waals surface area contributed by atoms with Crippen LogP contribution in [0.1, 0.15) is 23.1 Å². The van der Waals surface area contributed by atoms with Crippen LogP contribution in [0.5, 0.6) is 0 Å². The Bertz CT molecular complexity index is 880. The van der Waals surface area contributed by atoms with Gasteiger partial charge in [0, 0.05) is 45.5 Å². The number of carbonyl (C=O) groups is 1. The van der Waals surface area contributed by atoms with Crippen molar-refractivity contribution < 1.29 is 4.79 Å². The minimum Gasteiger partial charge on any atom is -0.367 e. The Kier molecular flexibility index (Phi) is 5.81. The smallest absolute Gasteiger partial charge is 0.225 e. The number of nitrogens with one attached hydrogen (secondary N) is 1. The van der Waals surface area contributed by atoms with E-state index in [2.05, 4.69) is 33.3 Å². The topological polar surface area (TPSA) is 35.6 Å². The second-order valence-electron chi connectivity index (χ2n) is 7.73. The molecule has 6 heteroatoms. The maximum Gasteiger partial charge on any atom is 0.225 e. The lowest BCUT2D eigenvalue weighted by molar-refractivity contribution is -0.129. The zero-order valence-corrected chi connectivity index (χ0v) is 17.6. The van der Waals surface area contributed by atoms with Crippen LogP contribution >= 0.6 is 23.2 Å². The summed E-state index contributed by atoms with van der Waals surface area (Å²) in [6.45, 7) is 4.50. The van der Waals surface area contributed by atoms with E-state index in [0.717, 1.165) is 51.3 Å². The number of fused-ring (bicyclic) bond motifs is 1. The SMILES string of the molecule is CNC(=O)C1CN(Cc2ccc3c(c2)CCCN(c2ccc(Cl)c(Cl)c2)C3)C1. The third-order valence-electron chi connectivity index (χ3n) is 5.75. The molecule has 2 aromatic carbocycles. The zero-order chi connectivity index (χ0) is 19.7. The van der Waals surface area contributed by atoms with Gasteiger partial charge in [0.25, 0.3) is 0 Å². The lowest BCUT2D eigenvalue weighted by Crippen LogP contribution is -2.52. The molecule has 28 heavy (non-hydrogen) atoms. The molecule has 2 aliphatic heterocycles. The van der Waals surface area contributed by atoms with E-state index in [1.807, 2.05) is 18.2 Å². The van der Waals surface area contributed by atoms with Gasteiger partial charge in [-0.3, -0.25) is 9.69 Å². The molecule has 0 unspecified atom stereocenters. The molecule has 0 spiro atoms. The predicted octanol–water partition coefficient (Wildman–Crippen LogP) is 4.12. The summed E-state index contributed by atoms with van der Waals surface area (Å²) in [6.07, 6.45) is 2.20. The highest BCUT2D eigenvalue weighted by molar-refractivity contribution is 6.42. The van der Waals surface area contributed by atoms with E-state index in [1.54, 1.807) is 7.05 Å². The normalized spacial score (nSPS) is 17.6. The lowest BCUT2D eigenvalue weighted by Gasteiger charge is -2.38. The Balaban J connectivity index is 1.43. The number of benzene rings is 2. The Hall–Kier alpha value is -1.75. The van der Waals surface area contributed by atoms with Gasteiger partial charge in [0.05, 0.1) is 16.0 Å². The summed E-state index contributed by atoms with van der Waals surface area (Å²) in [4.78, 5) is 16.4. The average molecular weight is 418 g/mol. The van der Waals surface area contributed by atoms with Crippen LogP contribution in [-0.4, -0.2) is 37.5 Å². The molecule has 1 fully saturated rings. The molecule has 0 aliphatic carbocycles. The number of nitrogens with zero attached hydrogens (tertiary/aromatic N) is 2. The van der Waals surface area contributed by atoms with Crippen LogP contribution < -0.4 is 10.2 Å². The van der Waals surface area contributed by atoms with Gasteiger partial charge in [0.2, 0.25) is 5.91 Å². The Morgan fingerprint density at radius 1 is 1.11 bits per heavy atom. The van der Waals surface area contributed by atoms with Crippen molar-refractivity contribution in [1.29, 1.82) is 0 Å². The third kappa shape index (κ3) is 4.14. The summed E-state index contributed by atoms with van der Waals surface area (Å²) in [5.41, 5.74) is 5.26. The van der Waals surface area contributed by atoms with Crippen molar-refractivity contribution in [1.82, 2.24) is 10.2 Å². The number of anilines is 1. The first kappa shape index (κ1) is 19.6. The molecule has 1 saturated heterocycles. The van der Waals surface area contributed by atoms with Crippen LogP contribution in [0.15, 0.2) is 36.4 Å². The van der Waals surface area contributed by atoms with Crippen LogP contribution in [0, 0.1) is 5.92 Å². The molecule has 2 heterocycles. The van der Waals surface area contributed by atoms with Crippen molar-refractivity contribution in [2.45, 2.75) is 25.9 Å². The van der Waals surface area contributed by atoms with Crippen molar-refractivity contribution in [3.05, 3.63) is 63.1 Å². The van der Waals surface area contributed by atoms with Gasteiger partial charge in [-0.15, -0.1) is 0 Å². The number of likely N-dealkylation sites (tertiary alicyclic amines) is 1. The molecule has 4 rings (SSSR count). The van der Waals surface area contributed by atoms with Crippen LogP contribution in [0.3, 0.4) is 0 Å². The Labute approximate surface area is 176 Å². The van der Waals surface area contributed by atoms with Gasteiger partial charge in [-0.2, -0.15) is 0 Å². The molecule has 4 nitrogen and oxygen atoms in total. The average Bonchev–Trinajstić information content (AvgIpc) is 2.88. The summed E-state index contributed by atoms with van der Waals surface area (Å²) >= 11 is 12.3. The lowest BCUT2D eigenvalue weighted by atomic mass is 9.96. The minimum absolute atomic E-state index is 0.144. The molecule has 2 aliphatic rings. The quantitative estimate of drug-likeness (QED) is 0.812. The Morgan fingerprint density at radius 2 is 1.93 bits per heavy atom. The molecule has 0 atom stereocenters. The van der Waals surface area contributed by atoms with Gasteiger partial charge in [0.15, 0.2) is 0 Å². The third-order valence-corrected chi connectivity index (χ3v) is 6.49. The van der Waals surface area contributed by atoms with Gasteiger partial charge in [-0.1, -0.05) is 41.4 Å². The molecule has 0 radical (unpaired) electrons. The maximum atomic E-state index is 11.7. The molecular formula is C22H25Cl2N3O. The number of halogens is 2. The summed E-state index contributed by atoms with van der Waals surface area (Å²) in [5.74, 6) is 0.297. The summed E-state index contributed by atoms with van der Waals surface area (Å²) in [7, 11) is 1.71. The monoisotopic (exact) mass is 417 g/mol. The van der Waals surface area contributed by atoms with Crippen LogP contribution in [0.4, 0.5) is 5.69 Å². The maximum absolute atomic E-state index is 11.7. The van der Waals surface area contributed by atoms with Crippen molar-refractivity contribution >= 4 is 34.8 Å². The first-order valence-electron chi connectivity index (χ1n) is 9.78. The van der Waals surface area contributed by atoms with Gasteiger partial charge < -0.3 is 10.2 Å². The van der Waals surface area contributed by atoms with Crippen LogP contribution in [0.25, 0.3) is 0 Å². The molecule has 1 N–H and O–H groups in total.